The second-order valence-corrected chi connectivity index (χ2v) is 4.97. The van der Waals surface area contributed by atoms with E-state index in [0.29, 0.717) is 22.6 Å². The number of benzene rings is 1. The minimum Gasteiger partial charge on any atom is -0.507 e. The summed E-state index contributed by atoms with van der Waals surface area (Å²) in [5.41, 5.74) is 9.94. The highest BCUT2D eigenvalue weighted by molar-refractivity contribution is 7.07. The van der Waals surface area contributed by atoms with Crippen LogP contribution in [0.2, 0.25) is 0 Å². The van der Waals surface area contributed by atoms with Crippen molar-refractivity contribution in [3.05, 3.63) is 35.3 Å². The normalized spacial score (nSPS) is 10.5. The number of ether oxygens (including phenoxy) is 1. The average molecular weight is 300 g/mol. The first kappa shape index (κ1) is 13.3. The van der Waals surface area contributed by atoms with Crippen LogP contribution in [0.15, 0.2) is 35.3 Å². The molecule has 7 heteroatoms. The fourth-order valence-corrected chi connectivity index (χ4v) is 2.52. The third-order valence-corrected chi connectivity index (χ3v) is 3.56. The Morgan fingerprint density at radius 2 is 2.10 bits per heavy atom. The zero-order chi connectivity index (χ0) is 14.8. The number of aromatic hydroxyl groups is 1. The van der Waals surface area contributed by atoms with Gasteiger partial charge in [0.2, 0.25) is 5.95 Å². The van der Waals surface area contributed by atoms with Crippen LogP contribution in [-0.2, 0) is 0 Å². The van der Waals surface area contributed by atoms with Crippen molar-refractivity contribution in [1.82, 2.24) is 15.0 Å². The molecule has 0 saturated heterocycles. The molecule has 3 aromatic rings. The molecule has 0 unspecified atom stereocenters. The molecule has 2 aromatic heterocycles. The van der Waals surface area contributed by atoms with Crippen molar-refractivity contribution in [3.8, 4) is 34.0 Å². The van der Waals surface area contributed by atoms with Crippen LogP contribution in [-0.4, -0.2) is 27.2 Å². The molecule has 6 nitrogen and oxygen atoms in total. The van der Waals surface area contributed by atoms with Crippen molar-refractivity contribution >= 4 is 17.3 Å². The number of nitrogens with zero attached hydrogens (tertiary/aromatic N) is 3. The number of hydrogen-bond acceptors (Lipinski definition) is 7. The monoisotopic (exact) mass is 300 g/mol. The molecule has 0 radical (unpaired) electrons. The maximum Gasteiger partial charge on any atom is 0.220 e. The number of methoxy groups -OCH3 is 1. The van der Waals surface area contributed by atoms with Crippen molar-refractivity contribution in [2.45, 2.75) is 0 Å². The van der Waals surface area contributed by atoms with E-state index in [1.165, 1.54) is 24.5 Å². The van der Waals surface area contributed by atoms with Gasteiger partial charge in [0.15, 0.2) is 0 Å². The van der Waals surface area contributed by atoms with Gasteiger partial charge in [-0.05, 0) is 12.1 Å². The van der Waals surface area contributed by atoms with Crippen LogP contribution < -0.4 is 10.5 Å². The Balaban J connectivity index is 2.20. The molecule has 0 spiro atoms. The molecule has 3 rings (SSSR count). The first-order valence-corrected chi connectivity index (χ1v) is 7.02. The van der Waals surface area contributed by atoms with E-state index >= 15 is 0 Å². The molecule has 106 valence electrons. The van der Waals surface area contributed by atoms with Gasteiger partial charge < -0.3 is 15.6 Å². The Morgan fingerprint density at radius 1 is 1.24 bits per heavy atom. The van der Waals surface area contributed by atoms with Crippen molar-refractivity contribution in [3.63, 3.8) is 0 Å². The zero-order valence-corrected chi connectivity index (χ0v) is 12.0. The highest BCUT2D eigenvalue weighted by Crippen LogP contribution is 2.36. The minimum absolute atomic E-state index is 0.0592. The smallest absolute Gasteiger partial charge is 0.220 e. The van der Waals surface area contributed by atoms with E-state index in [4.69, 9.17) is 10.5 Å². The lowest BCUT2D eigenvalue weighted by Crippen LogP contribution is -1.99. The molecular weight excluding hydrogens is 288 g/mol. The molecule has 0 aliphatic rings. The quantitative estimate of drug-likeness (QED) is 0.772. The van der Waals surface area contributed by atoms with Gasteiger partial charge in [0.05, 0.1) is 24.0 Å². The lowest BCUT2D eigenvalue weighted by Gasteiger charge is -2.10. The third-order valence-electron chi connectivity index (χ3n) is 2.98. The van der Waals surface area contributed by atoms with Gasteiger partial charge in [-0.15, -0.1) is 11.3 Å². The van der Waals surface area contributed by atoms with Gasteiger partial charge in [-0.3, -0.25) is 0 Å². The number of nitrogens with two attached hydrogens (primary N) is 1. The predicted molar refractivity (Wildman–Crippen MR) is 81.2 cm³/mol. The standard InChI is InChI=1S/C14H12N4O2S/c1-20-8-2-3-9(12(19)4-8)13-10(5-16-14(15)18-13)11-6-21-7-17-11/h2-7,19H,1H3,(H2,15,16,18). The SMILES string of the molecule is COc1ccc(-c2nc(N)ncc2-c2cscn2)c(O)c1. The zero-order valence-electron chi connectivity index (χ0n) is 11.1. The minimum atomic E-state index is 0.0592. The first-order valence-electron chi connectivity index (χ1n) is 6.07. The number of phenols is 1. The fourth-order valence-electron chi connectivity index (χ4n) is 1.97. The highest BCUT2D eigenvalue weighted by Gasteiger charge is 2.15. The number of aromatic nitrogens is 3. The van der Waals surface area contributed by atoms with E-state index in [1.54, 1.807) is 23.8 Å². The summed E-state index contributed by atoms with van der Waals surface area (Å²) < 4.78 is 5.08. The molecule has 0 amide bonds. The third kappa shape index (κ3) is 2.50. The summed E-state index contributed by atoms with van der Waals surface area (Å²) in [4.78, 5) is 12.5. The van der Waals surface area contributed by atoms with Gasteiger partial charge in [-0.25, -0.2) is 15.0 Å². The van der Waals surface area contributed by atoms with Gasteiger partial charge in [0, 0.05) is 28.8 Å². The summed E-state index contributed by atoms with van der Waals surface area (Å²) in [5.74, 6) is 0.761. The van der Waals surface area contributed by atoms with E-state index < -0.39 is 0 Å². The molecule has 0 bridgehead atoms. The summed E-state index contributed by atoms with van der Waals surface area (Å²) >= 11 is 1.47. The summed E-state index contributed by atoms with van der Waals surface area (Å²) in [6.45, 7) is 0. The Hall–Kier alpha value is -2.67. The molecule has 0 fully saturated rings. The molecule has 3 N–H and O–H groups in total. The van der Waals surface area contributed by atoms with E-state index in [-0.39, 0.29) is 11.7 Å². The van der Waals surface area contributed by atoms with Crippen molar-refractivity contribution in [2.75, 3.05) is 12.8 Å². The number of phenolic OH excluding ortho intramolecular Hbond substituents is 1. The summed E-state index contributed by atoms with van der Waals surface area (Å²) in [5, 5.41) is 12.1. The maximum atomic E-state index is 10.2. The molecule has 0 aliphatic carbocycles. The average Bonchev–Trinajstić information content (AvgIpc) is 3.01. The highest BCUT2D eigenvalue weighted by atomic mass is 32.1. The maximum absolute atomic E-state index is 10.2. The van der Waals surface area contributed by atoms with Crippen LogP contribution in [0.5, 0.6) is 11.5 Å². The Bertz CT molecular complexity index is 775. The molecule has 21 heavy (non-hydrogen) atoms. The lowest BCUT2D eigenvalue weighted by molar-refractivity contribution is 0.408. The van der Waals surface area contributed by atoms with Crippen LogP contribution in [0.3, 0.4) is 0 Å². The molecular formula is C14H12N4O2S. The van der Waals surface area contributed by atoms with E-state index in [2.05, 4.69) is 15.0 Å². The first-order chi connectivity index (χ1) is 10.2. The van der Waals surface area contributed by atoms with Crippen molar-refractivity contribution in [2.24, 2.45) is 0 Å². The van der Waals surface area contributed by atoms with Crippen LogP contribution in [0, 0.1) is 0 Å². The second-order valence-electron chi connectivity index (χ2n) is 4.25. The number of rotatable bonds is 3. The van der Waals surface area contributed by atoms with Crippen LogP contribution in [0.25, 0.3) is 22.5 Å². The van der Waals surface area contributed by atoms with Gasteiger partial charge in [0.25, 0.3) is 0 Å². The number of thiazole rings is 1. The van der Waals surface area contributed by atoms with Crippen LogP contribution in [0.1, 0.15) is 0 Å². The van der Waals surface area contributed by atoms with E-state index in [0.717, 1.165) is 5.69 Å². The van der Waals surface area contributed by atoms with E-state index in [9.17, 15) is 5.11 Å². The Morgan fingerprint density at radius 3 is 2.76 bits per heavy atom. The topological polar surface area (TPSA) is 94.2 Å². The van der Waals surface area contributed by atoms with Crippen molar-refractivity contribution < 1.29 is 9.84 Å². The summed E-state index contributed by atoms with van der Waals surface area (Å²) in [6, 6.07) is 5.00. The fraction of sp³-hybridized carbons (Fsp3) is 0.0714. The number of nitrogen functional groups attached to an aromatic ring is 1. The van der Waals surface area contributed by atoms with Gasteiger partial charge in [-0.2, -0.15) is 0 Å². The molecule has 1 aromatic carbocycles. The van der Waals surface area contributed by atoms with Crippen molar-refractivity contribution in [1.29, 1.82) is 0 Å². The molecule has 2 heterocycles. The molecule has 0 aliphatic heterocycles. The Labute approximate surface area is 124 Å². The lowest BCUT2D eigenvalue weighted by atomic mass is 10.0. The summed E-state index contributed by atoms with van der Waals surface area (Å²) in [6.07, 6.45) is 1.61. The summed E-state index contributed by atoms with van der Waals surface area (Å²) in [7, 11) is 1.54. The van der Waals surface area contributed by atoms with Crippen LogP contribution in [0.4, 0.5) is 5.95 Å². The number of hydrogen-bond donors (Lipinski definition) is 2. The van der Waals surface area contributed by atoms with Gasteiger partial charge in [0.1, 0.15) is 11.5 Å². The largest absolute Gasteiger partial charge is 0.507 e. The second kappa shape index (κ2) is 5.37. The predicted octanol–water partition coefficient (Wildman–Crippen LogP) is 2.56. The van der Waals surface area contributed by atoms with Crippen LogP contribution >= 0.6 is 11.3 Å². The van der Waals surface area contributed by atoms with E-state index in [1.807, 2.05) is 5.38 Å². The van der Waals surface area contributed by atoms with Gasteiger partial charge in [-0.1, -0.05) is 0 Å². The number of anilines is 1. The Kier molecular flexibility index (Phi) is 3.41. The molecule has 0 saturated carbocycles. The molecule has 0 atom stereocenters. The van der Waals surface area contributed by atoms with Gasteiger partial charge >= 0.3 is 0 Å².